The first-order valence-corrected chi connectivity index (χ1v) is 10.7. The number of nitrogens with one attached hydrogen (secondary N) is 1. The predicted octanol–water partition coefficient (Wildman–Crippen LogP) is 3.83. The van der Waals surface area contributed by atoms with E-state index in [1.807, 2.05) is 0 Å². The fraction of sp³-hybridized carbons (Fsp3) is 0.318. The molecular weight excluding hydrogens is 453 g/mol. The average Bonchev–Trinajstić information content (AvgIpc) is 3.20. The first-order chi connectivity index (χ1) is 15.7. The lowest BCUT2D eigenvalue weighted by Gasteiger charge is -2.21. The summed E-state index contributed by atoms with van der Waals surface area (Å²) in [7, 11) is 0. The number of primary amides is 1. The molecule has 0 spiro atoms. The molecule has 0 radical (unpaired) electrons. The van der Waals surface area contributed by atoms with E-state index in [1.54, 1.807) is 6.92 Å². The third-order valence-electron chi connectivity index (χ3n) is 5.25. The molecular formula is C22H23ClFN5O4. The van der Waals surface area contributed by atoms with Crippen molar-refractivity contribution < 1.29 is 23.9 Å². The van der Waals surface area contributed by atoms with Gasteiger partial charge in [0.05, 0.1) is 16.9 Å². The summed E-state index contributed by atoms with van der Waals surface area (Å²) in [5, 5.41) is 15.7. The number of amides is 2. The number of anilines is 1. The number of hydrogen-bond acceptors (Lipinski definition) is 5. The highest BCUT2D eigenvalue weighted by molar-refractivity contribution is 6.33. The van der Waals surface area contributed by atoms with Crippen molar-refractivity contribution in [3.63, 3.8) is 0 Å². The molecule has 1 aromatic carbocycles. The van der Waals surface area contributed by atoms with Crippen LogP contribution in [0.2, 0.25) is 5.02 Å². The Labute approximate surface area is 193 Å². The number of rotatable bonds is 4. The number of aromatic nitrogens is 3. The van der Waals surface area contributed by atoms with Crippen LogP contribution in [0.1, 0.15) is 58.6 Å². The van der Waals surface area contributed by atoms with E-state index in [2.05, 4.69) is 15.4 Å². The number of fused-ring (bicyclic) bond motifs is 1. The van der Waals surface area contributed by atoms with Gasteiger partial charge in [0.2, 0.25) is 5.91 Å². The minimum Gasteiger partial charge on any atom is -0.477 e. The van der Waals surface area contributed by atoms with Gasteiger partial charge in [-0.25, -0.2) is 18.7 Å². The van der Waals surface area contributed by atoms with Gasteiger partial charge in [0.25, 0.3) is 5.91 Å². The van der Waals surface area contributed by atoms with Crippen LogP contribution < -0.4 is 11.1 Å². The van der Waals surface area contributed by atoms with Crippen LogP contribution in [0.3, 0.4) is 0 Å². The third kappa shape index (κ3) is 5.83. The zero-order valence-electron chi connectivity index (χ0n) is 17.8. The van der Waals surface area contributed by atoms with Crippen LogP contribution in [0.15, 0.2) is 30.5 Å². The monoisotopic (exact) mass is 475 g/mol. The van der Waals surface area contributed by atoms with E-state index in [0.29, 0.717) is 11.4 Å². The molecule has 0 atom stereocenters. The molecule has 9 nitrogen and oxygen atoms in total. The molecule has 2 heterocycles. The number of hydrogen-bond donors (Lipinski definition) is 3. The Morgan fingerprint density at radius 3 is 2.52 bits per heavy atom. The molecule has 0 aliphatic heterocycles. The van der Waals surface area contributed by atoms with Crippen molar-refractivity contribution in [1.82, 2.24) is 14.6 Å². The number of aromatic carboxylic acids is 1. The molecule has 0 unspecified atom stereocenters. The number of nitrogens with two attached hydrogens (primary N) is 1. The van der Waals surface area contributed by atoms with Gasteiger partial charge < -0.3 is 16.2 Å². The maximum Gasteiger partial charge on any atom is 0.354 e. The van der Waals surface area contributed by atoms with Crippen molar-refractivity contribution in [2.75, 3.05) is 5.32 Å². The Bertz CT molecular complexity index is 1210. The average molecular weight is 476 g/mol. The number of benzene rings is 1. The van der Waals surface area contributed by atoms with Crippen LogP contribution >= 0.6 is 11.6 Å². The topological polar surface area (TPSA) is 140 Å². The summed E-state index contributed by atoms with van der Waals surface area (Å²) in [6.07, 6.45) is 6.50. The molecule has 33 heavy (non-hydrogen) atoms. The lowest BCUT2D eigenvalue weighted by molar-refractivity contribution is -0.120. The Balaban J connectivity index is 0.000000186. The van der Waals surface area contributed by atoms with Crippen LogP contribution in [0, 0.1) is 18.7 Å². The van der Waals surface area contributed by atoms with Crippen molar-refractivity contribution in [2.24, 2.45) is 11.7 Å². The summed E-state index contributed by atoms with van der Waals surface area (Å²) >= 11 is 5.86. The van der Waals surface area contributed by atoms with E-state index in [9.17, 15) is 18.8 Å². The summed E-state index contributed by atoms with van der Waals surface area (Å²) in [6.45, 7) is 1.63. The Hall–Kier alpha value is -3.53. The van der Waals surface area contributed by atoms with Gasteiger partial charge in [0, 0.05) is 11.6 Å². The van der Waals surface area contributed by atoms with Crippen LogP contribution in [-0.4, -0.2) is 37.5 Å². The Morgan fingerprint density at radius 2 is 1.91 bits per heavy atom. The molecule has 2 aromatic heterocycles. The molecule has 1 aliphatic rings. The van der Waals surface area contributed by atoms with Crippen LogP contribution in [0.5, 0.6) is 0 Å². The predicted molar refractivity (Wildman–Crippen MR) is 120 cm³/mol. The summed E-state index contributed by atoms with van der Waals surface area (Å²) in [5.41, 5.74) is 6.29. The first-order valence-electron chi connectivity index (χ1n) is 10.3. The smallest absolute Gasteiger partial charge is 0.354 e. The minimum absolute atomic E-state index is 0.00166. The molecule has 0 saturated heterocycles. The molecule has 174 valence electrons. The van der Waals surface area contributed by atoms with Gasteiger partial charge in [0.15, 0.2) is 11.3 Å². The fourth-order valence-corrected chi connectivity index (χ4v) is 3.82. The van der Waals surface area contributed by atoms with Crippen molar-refractivity contribution in [1.29, 1.82) is 0 Å². The third-order valence-corrected chi connectivity index (χ3v) is 5.56. The second kappa shape index (κ2) is 10.4. The highest BCUT2D eigenvalue weighted by Gasteiger charge is 2.21. The van der Waals surface area contributed by atoms with Gasteiger partial charge in [-0.05, 0) is 44.0 Å². The fourth-order valence-electron chi connectivity index (χ4n) is 3.60. The number of carboxylic acid groups (broad SMARTS) is 1. The van der Waals surface area contributed by atoms with Gasteiger partial charge in [-0.1, -0.05) is 30.9 Å². The maximum atomic E-state index is 12.8. The number of carbonyl (C=O) groups is 3. The van der Waals surface area contributed by atoms with Gasteiger partial charge in [0.1, 0.15) is 11.4 Å². The van der Waals surface area contributed by atoms with Crippen LogP contribution in [0.4, 0.5) is 10.1 Å². The number of carbonyl (C=O) groups excluding carboxylic acids is 2. The Morgan fingerprint density at radius 1 is 1.21 bits per heavy atom. The highest BCUT2D eigenvalue weighted by atomic mass is 35.5. The number of halogens is 2. The highest BCUT2D eigenvalue weighted by Crippen LogP contribution is 2.27. The van der Waals surface area contributed by atoms with E-state index in [-0.39, 0.29) is 33.8 Å². The van der Waals surface area contributed by atoms with E-state index in [1.165, 1.54) is 36.9 Å². The van der Waals surface area contributed by atoms with Crippen LogP contribution in [-0.2, 0) is 4.79 Å². The quantitative estimate of drug-likeness (QED) is 0.523. The molecule has 1 aliphatic carbocycles. The van der Waals surface area contributed by atoms with Crippen molar-refractivity contribution in [3.05, 3.63) is 58.3 Å². The summed E-state index contributed by atoms with van der Waals surface area (Å²) in [4.78, 5) is 38.0. The zero-order chi connectivity index (χ0) is 24.1. The van der Waals surface area contributed by atoms with Crippen molar-refractivity contribution >= 4 is 40.7 Å². The van der Waals surface area contributed by atoms with Gasteiger partial charge in [-0.15, -0.1) is 0 Å². The molecule has 4 N–H and O–H groups in total. The molecule has 1 saturated carbocycles. The maximum absolute atomic E-state index is 12.8. The van der Waals surface area contributed by atoms with Gasteiger partial charge in [-0.2, -0.15) is 5.10 Å². The summed E-state index contributed by atoms with van der Waals surface area (Å²) < 4.78 is 13.9. The molecule has 3 aromatic rings. The van der Waals surface area contributed by atoms with Gasteiger partial charge >= 0.3 is 5.97 Å². The number of nitrogens with zero attached hydrogens (tertiary/aromatic N) is 3. The summed E-state index contributed by atoms with van der Waals surface area (Å²) in [6, 6.07) is 5.37. The molecule has 11 heteroatoms. The molecule has 1 fully saturated rings. The standard InChI is InChI=1S/C13H15ClFNO.C9H8N4O3/c14-11-8-10(15)6-7-12(11)16-13(17)9-4-2-1-3-5-9;1-4-2-6(9(15)16)13-8(12-4)5(3-11-13)7(10)14/h6-9H,1-5H2,(H,16,17);2-3H,1H3,(H2,10,14)(H,15,16). The number of carboxylic acids is 1. The number of aryl methyl sites for hydroxylation is 1. The minimum atomic E-state index is -1.14. The van der Waals surface area contributed by atoms with Gasteiger partial charge in [-0.3, -0.25) is 9.59 Å². The molecule has 0 bridgehead atoms. The van der Waals surface area contributed by atoms with Crippen molar-refractivity contribution in [3.8, 4) is 0 Å². The second-order valence-corrected chi connectivity index (χ2v) is 8.10. The van der Waals surface area contributed by atoms with E-state index in [0.717, 1.165) is 30.2 Å². The second-order valence-electron chi connectivity index (χ2n) is 7.69. The van der Waals surface area contributed by atoms with E-state index < -0.39 is 17.7 Å². The Kier molecular flexibility index (Phi) is 7.59. The lowest BCUT2D eigenvalue weighted by atomic mass is 9.88. The molecule has 4 rings (SSSR count). The van der Waals surface area contributed by atoms with Crippen LogP contribution in [0.25, 0.3) is 5.65 Å². The largest absolute Gasteiger partial charge is 0.477 e. The van der Waals surface area contributed by atoms with Crippen molar-refractivity contribution in [2.45, 2.75) is 39.0 Å². The summed E-state index contributed by atoms with van der Waals surface area (Å²) in [5.74, 6) is -2.16. The molecule has 2 amide bonds. The van der Waals surface area contributed by atoms with E-state index >= 15 is 0 Å². The first kappa shape index (κ1) is 24.1. The SMILES string of the molecule is Cc1cc(C(=O)O)n2ncc(C(N)=O)c2n1.O=C(Nc1ccc(F)cc1Cl)C1CCCCC1. The van der Waals surface area contributed by atoms with E-state index in [4.69, 9.17) is 22.4 Å². The normalized spacial score (nSPS) is 13.8. The zero-order valence-corrected chi connectivity index (χ0v) is 18.6. The lowest BCUT2D eigenvalue weighted by Crippen LogP contribution is -2.24.